The van der Waals surface area contributed by atoms with Crippen molar-refractivity contribution in [3.63, 3.8) is 0 Å². The molecule has 0 spiro atoms. The van der Waals surface area contributed by atoms with E-state index in [1.54, 1.807) is 6.92 Å². The average molecular weight is 310 g/mol. The number of hydrogen-bond donors (Lipinski definition) is 0. The van der Waals surface area contributed by atoms with Crippen LogP contribution in [-0.2, 0) is 19.1 Å². The molecule has 0 aromatic rings. The maximum Gasteiger partial charge on any atom is 0.307 e. The molecule has 0 rings (SSSR count). The third-order valence-corrected chi connectivity index (χ3v) is 3.28. The topological polar surface area (TPSA) is 52.6 Å². The SMILES string of the molecule is CC#CC(CC)OC(=O)CCC(=O)OC(C)CCCCCC. The molecule has 2 atom stereocenters. The van der Waals surface area contributed by atoms with Gasteiger partial charge in [-0.1, -0.05) is 39.0 Å². The zero-order chi connectivity index (χ0) is 16.8. The summed E-state index contributed by atoms with van der Waals surface area (Å²) >= 11 is 0. The molecule has 0 heterocycles. The lowest BCUT2D eigenvalue weighted by molar-refractivity contribution is -0.154. The molecule has 0 saturated heterocycles. The largest absolute Gasteiger partial charge is 0.463 e. The summed E-state index contributed by atoms with van der Waals surface area (Å²) in [6.45, 7) is 7.66. The molecule has 22 heavy (non-hydrogen) atoms. The third-order valence-electron chi connectivity index (χ3n) is 3.28. The molecule has 4 heteroatoms. The summed E-state index contributed by atoms with van der Waals surface area (Å²) in [6.07, 6.45) is 5.80. The smallest absolute Gasteiger partial charge is 0.307 e. The molecule has 0 aromatic heterocycles. The number of ether oxygens (including phenoxy) is 2. The summed E-state index contributed by atoms with van der Waals surface area (Å²) in [4.78, 5) is 23.3. The van der Waals surface area contributed by atoms with E-state index in [0.29, 0.717) is 6.42 Å². The van der Waals surface area contributed by atoms with Gasteiger partial charge in [-0.25, -0.2) is 0 Å². The van der Waals surface area contributed by atoms with Crippen molar-refractivity contribution < 1.29 is 19.1 Å². The van der Waals surface area contributed by atoms with E-state index >= 15 is 0 Å². The second kappa shape index (κ2) is 13.2. The fourth-order valence-corrected chi connectivity index (χ4v) is 2.00. The molecule has 126 valence electrons. The molecule has 4 nitrogen and oxygen atoms in total. The van der Waals surface area contributed by atoms with Gasteiger partial charge in [0.2, 0.25) is 0 Å². The minimum atomic E-state index is -0.401. The molecule has 0 aliphatic rings. The fraction of sp³-hybridized carbons (Fsp3) is 0.778. The van der Waals surface area contributed by atoms with Gasteiger partial charge in [0.25, 0.3) is 0 Å². The Labute approximate surface area is 134 Å². The summed E-state index contributed by atoms with van der Waals surface area (Å²) in [6, 6.07) is 0. The number of carbonyl (C=O) groups excluding carboxylic acids is 2. The van der Waals surface area contributed by atoms with Crippen LogP contribution in [0.3, 0.4) is 0 Å². The van der Waals surface area contributed by atoms with Gasteiger partial charge in [0.15, 0.2) is 6.10 Å². The molecule has 0 saturated carbocycles. The van der Waals surface area contributed by atoms with Gasteiger partial charge in [-0.2, -0.15) is 0 Å². The van der Waals surface area contributed by atoms with Crippen molar-refractivity contribution in [3.05, 3.63) is 0 Å². The maximum absolute atomic E-state index is 11.7. The van der Waals surface area contributed by atoms with Crippen molar-refractivity contribution in [1.82, 2.24) is 0 Å². The van der Waals surface area contributed by atoms with Crippen LogP contribution in [0.25, 0.3) is 0 Å². The van der Waals surface area contributed by atoms with E-state index in [0.717, 1.165) is 12.8 Å². The number of rotatable bonds is 11. The van der Waals surface area contributed by atoms with E-state index in [2.05, 4.69) is 18.8 Å². The van der Waals surface area contributed by atoms with Crippen molar-refractivity contribution in [2.24, 2.45) is 0 Å². The Morgan fingerprint density at radius 1 is 1.00 bits per heavy atom. The van der Waals surface area contributed by atoms with Crippen LogP contribution in [-0.4, -0.2) is 24.1 Å². The predicted octanol–water partition coefficient (Wildman–Crippen LogP) is 4.01. The Balaban J connectivity index is 3.87. The van der Waals surface area contributed by atoms with Crippen LogP contribution in [0.2, 0.25) is 0 Å². The lowest BCUT2D eigenvalue weighted by Crippen LogP contribution is -2.19. The second-order valence-corrected chi connectivity index (χ2v) is 5.43. The average Bonchev–Trinajstić information content (AvgIpc) is 2.49. The Morgan fingerprint density at radius 3 is 2.18 bits per heavy atom. The number of hydrogen-bond acceptors (Lipinski definition) is 4. The van der Waals surface area contributed by atoms with E-state index in [9.17, 15) is 9.59 Å². The molecule has 0 bridgehead atoms. The normalized spacial score (nSPS) is 12.7. The lowest BCUT2D eigenvalue weighted by atomic mass is 10.1. The Morgan fingerprint density at radius 2 is 1.64 bits per heavy atom. The van der Waals surface area contributed by atoms with Gasteiger partial charge in [0.1, 0.15) is 0 Å². The van der Waals surface area contributed by atoms with Gasteiger partial charge in [-0.05, 0) is 33.1 Å². The van der Waals surface area contributed by atoms with E-state index in [-0.39, 0.29) is 31.0 Å². The van der Waals surface area contributed by atoms with Gasteiger partial charge in [0.05, 0.1) is 18.9 Å². The quantitative estimate of drug-likeness (QED) is 0.329. The zero-order valence-electron chi connectivity index (χ0n) is 14.4. The molecule has 0 aliphatic heterocycles. The van der Waals surface area contributed by atoms with E-state index in [1.807, 2.05) is 13.8 Å². The van der Waals surface area contributed by atoms with Gasteiger partial charge in [-0.15, -0.1) is 5.92 Å². The first-order chi connectivity index (χ1) is 10.5. The van der Waals surface area contributed by atoms with E-state index in [4.69, 9.17) is 9.47 Å². The van der Waals surface area contributed by atoms with Crippen LogP contribution in [0.4, 0.5) is 0 Å². The van der Waals surface area contributed by atoms with Crippen LogP contribution in [0.5, 0.6) is 0 Å². The summed E-state index contributed by atoms with van der Waals surface area (Å²) in [5.74, 6) is 4.79. The summed E-state index contributed by atoms with van der Waals surface area (Å²) < 4.78 is 10.5. The van der Waals surface area contributed by atoms with Crippen molar-refractivity contribution in [3.8, 4) is 11.8 Å². The second-order valence-electron chi connectivity index (χ2n) is 5.43. The molecule has 0 fully saturated rings. The first-order valence-electron chi connectivity index (χ1n) is 8.34. The van der Waals surface area contributed by atoms with E-state index < -0.39 is 5.97 Å². The Bertz CT molecular complexity index is 378. The molecule has 2 unspecified atom stereocenters. The molecule has 0 aliphatic carbocycles. The number of unbranched alkanes of at least 4 members (excludes halogenated alkanes) is 3. The molecule has 0 aromatic carbocycles. The van der Waals surface area contributed by atoms with E-state index in [1.165, 1.54) is 19.3 Å². The third kappa shape index (κ3) is 11.2. The molecule has 0 amide bonds. The summed E-state index contributed by atoms with van der Waals surface area (Å²) in [5, 5.41) is 0. The first-order valence-corrected chi connectivity index (χ1v) is 8.34. The number of esters is 2. The molecular formula is C18H30O4. The van der Waals surface area contributed by atoms with Crippen LogP contribution in [0.15, 0.2) is 0 Å². The van der Waals surface area contributed by atoms with Gasteiger partial charge >= 0.3 is 11.9 Å². The standard InChI is InChI=1S/C18H30O4/c1-5-8-9-10-12-15(4)21-17(19)13-14-18(20)22-16(7-3)11-6-2/h15-16H,5,7-10,12-14H2,1-4H3. The van der Waals surface area contributed by atoms with Crippen LogP contribution < -0.4 is 0 Å². The zero-order valence-corrected chi connectivity index (χ0v) is 14.4. The first kappa shape index (κ1) is 20.5. The minimum Gasteiger partial charge on any atom is -0.463 e. The van der Waals surface area contributed by atoms with Gasteiger partial charge < -0.3 is 9.47 Å². The fourth-order valence-electron chi connectivity index (χ4n) is 2.00. The predicted molar refractivity (Wildman–Crippen MR) is 87.2 cm³/mol. The number of carbonyl (C=O) groups is 2. The van der Waals surface area contributed by atoms with Gasteiger partial charge in [-0.3, -0.25) is 9.59 Å². The highest BCUT2D eigenvalue weighted by Gasteiger charge is 2.14. The monoisotopic (exact) mass is 310 g/mol. The summed E-state index contributed by atoms with van der Waals surface area (Å²) in [5.41, 5.74) is 0. The molecule has 0 radical (unpaired) electrons. The Hall–Kier alpha value is -1.50. The highest BCUT2D eigenvalue weighted by molar-refractivity contribution is 5.77. The van der Waals surface area contributed by atoms with Crippen molar-refractivity contribution in [2.75, 3.05) is 0 Å². The van der Waals surface area contributed by atoms with Crippen molar-refractivity contribution in [2.45, 2.75) is 91.3 Å². The summed E-state index contributed by atoms with van der Waals surface area (Å²) in [7, 11) is 0. The maximum atomic E-state index is 11.7. The van der Waals surface area contributed by atoms with Crippen LogP contribution in [0, 0.1) is 11.8 Å². The Kier molecular flexibility index (Phi) is 12.3. The van der Waals surface area contributed by atoms with Gasteiger partial charge in [0, 0.05) is 0 Å². The van der Waals surface area contributed by atoms with Crippen LogP contribution >= 0.6 is 0 Å². The lowest BCUT2D eigenvalue weighted by Gasteiger charge is -2.13. The molecule has 0 N–H and O–H groups in total. The highest BCUT2D eigenvalue weighted by Crippen LogP contribution is 2.09. The van der Waals surface area contributed by atoms with Crippen LogP contribution in [0.1, 0.15) is 79.1 Å². The molecular weight excluding hydrogens is 280 g/mol. The van der Waals surface area contributed by atoms with Crippen molar-refractivity contribution in [1.29, 1.82) is 0 Å². The van der Waals surface area contributed by atoms with Crippen molar-refractivity contribution >= 4 is 11.9 Å². The highest BCUT2D eigenvalue weighted by atomic mass is 16.5. The minimum absolute atomic E-state index is 0.0449.